The molecule has 1 N–H and O–H groups in total. The maximum atomic E-state index is 12.4. The third-order valence-electron chi connectivity index (χ3n) is 3.63. The van der Waals surface area contributed by atoms with Gasteiger partial charge in [0.2, 0.25) is 0 Å². The lowest BCUT2D eigenvalue weighted by atomic mass is 10.2. The Bertz CT molecular complexity index is 834. The van der Waals surface area contributed by atoms with Crippen molar-refractivity contribution in [3.8, 4) is 11.8 Å². The van der Waals surface area contributed by atoms with Crippen molar-refractivity contribution < 1.29 is 23.8 Å². The average molecular weight is 342 g/mol. The first-order valence-electron chi connectivity index (χ1n) is 7.56. The summed E-state index contributed by atoms with van der Waals surface area (Å²) in [5.41, 5.74) is 0.417. The van der Waals surface area contributed by atoms with E-state index < -0.39 is 12.1 Å². The molecule has 0 aliphatic carbocycles. The van der Waals surface area contributed by atoms with Gasteiger partial charge in [-0.1, -0.05) is 12.1 Å². The number of carboxylic acid groups (broad SMARTS) is 1. The average Bonchev–Trinajstić information content (AvgIpc) is 2.95. The van der Waals surface area contributed by atoms with Gasteiger partial charge < -0.3 is 19.2 Å². The quantitative estimate of drug-likeness (QED) is 0.865. The summed E-state index contributed by atoms with van der Waals surface area (Å²) in [7, 11) is 1.57. The van der Waals surface area contributed by atoms with Crippen LogP contribution >= 0.6 is 0 Å². The fourth-order valence-electron chi connectivity index (χ4n) is 2.36. The number of likely N-dealkylation sites (N-methyl/N-ethyl adjacent to an activating group) is 1. The molecule has 25 heavy (non-hydrogen) atoms. The number of carbonyl (C=O) groups excluding carboxylic acids is 1. The van der Waals surface area contributed by atoms with E-state index in [2.05, 4.69) is 0 Å². The zero-order valence-corrected chi connectivity index (χ0v) is 14.1. The standard InChI is InChI=1S/C18H18N2O5/c1-11-15(18(22)23)8-14(24-11)10-20(3)17(21)12(2)25-16-7-5-4-6-13(16)9-19/h4-8,12H,10H2,1-3H3,(H,22,23). The summed E-state index contributed by atoms with van der Waals surface area (Å²) in [6, 6.07) is 10.1. The summed E-state index contributed by atoms with van der Waals surface area (Å²) in [4.78, 5) is 24.9. The summed E-state index contributed by atoms with van der Waals surface area (Å²) in [5.74, 6) is -0.405. The number of carbonyl (C=O) groups is 2. The fourth-order valence-corrected chi connectivity index (χ4v) is 2.36. The zero-order valence-electron chi connectivity index (χ0n) is 14.1. The van der Waals surface area contributed by atoms with E-state index in [0.717, 1.165) is 0 Å². The molecule has 0 saturated heterocycles. The van der Waals surface area contributed by atoms with Crippen LogP contribution in [-0.4, -0.2) is 35.0 Å². The fraction of sp³-hybridized carbons (Fsp3) is 0.278. The van der Waals surface area contributed by atoms with Crippen LogP contribution in [0.5, 0.6) is 5.75 Å². The first-order chi connectivity index (χ1) is 11.8. The summed E-state index contributed by atoms with van der Waals surface area (Å²) < 4.78 is 11.0. The monoisotopic (exact) mass is 342 g/mol. The van der Waals surface area contributed by atoms with Crippen LogP contribution in [0.3, 0.4) is 0 Å². The third-order valence-corrected chi connectivity index (χ3v) is 3.63. The Hall–Kier alpha value is -3.27. The molecule has 1 aromatic carbocycles. The van der Waals surface area contributed by atoms with Crippen molar-refractivity contribution in [2.75, 3.05) is 7.05 Å². The highest BCUT2D eigenvalue weighted by molar-refractivity contribution is 5.88. The number of aromatic carboxylic acids is 1. The maximum absolute atomic E-state index is 12.4. The molecule has 7 nitrogen and oxygen atoms in total. The zero-order chi connectivity index (χ0) is 18.6. The van der Waals surface area contributed by atoms with Crippen LogP contribution in [0.15, 0.2) is 34.7 Å². The number of rotatable bonds is 6. The third kappa shape index (κ3) is 4.18. The van der Waals surface area contributed by atoms with Gasteiger partial charge in [-0.05, 0) is 32.0 Å². The first-order valence-corrected chi connectivity index (χ1v) is 7.56. The van der Waals surface area contributed by atoms with E-state index >= 15 is 0 Å². The van der Waals surface area contributed by atoms with Crippen LogP contribution in [0.4, 0.5) is 0 Å². The second-order valence-electron chi connectivity index (χ2n) is 5.55. The molecule has 7 heteroatoms. The molecule has 1 aromatic heterocycles. The minimum absolute atomic E-state index is 0.0723. The normalized spacial score (nSPS) is 11.4. The van der Waals surface area contributed by atoms with Gasteiger partial charge in [-0.15, -0.1) is 0 Å². The van der Waals surface area contributed by atoms with Gasteiger partial charge in [0.25, 0.3) is 5.91 Å². The van der Waals surface area contributed by atoms with Gasteiger partial charge in [0, 0.05) is 7.05 Å². The van der Waals surface area contributed by atoms with Gasteiger partial charge in [0.1, 0.15) is 28.9 Å². The van der Waals surface area contributed by atoms with E-state index in [9.17, 15) is 9.59 Å². The van der Waals surface area contributed by atoms with Gasteiger partial charge in [-0.2, -0.15) is 5.26 Å². The molecule has 2 rings (SSSR count). The number of hydrogen-bond donors (Lipinski definition) is 1. The molecule has 0 saturated carbocycles. The van der Waals surface area contributed by atoms with Crippen molar-refractivity contribution >= 4 is 11.9 Å². The Morgan fingerprint density at radius 1 is 1.40 bits per heavy atom. The largest absolute Gasteiger partial charge is 0.480 e. The number of amides is 1. The van der Waals surface area contributed by atoms with Crippen molar-refractivity contribution in [3.63, 3.8) is 0 Å². The summed E-state index contributed by atoms with van der Waals surface area (Å²) in [6.07, 6.45) is -0.811. The van der Waals surface area contributed by atoms with Crippen molar-refractivity contribution in [2.24, 2.45) is 0 Å². The molecule has 0 aliphatic heterocycles. The number of hydrogen-bond acceptors (Lipinski definition) is 5. The van der Waals surface area contributed by atoms with Crippen LogP contribution in [0, 0.1) is 18.3 Å². The summed E-state index contributed by atoms with van der Waals surface area (Å²) >= 11 is 0. The molecule has 0 aliphatic rings. The van der Waals surface area contributed by atoms with Crippen LogP contribution in [-0.2, 0) is 11.3 Å². The van der Waals surface area contributed by atoms with Gasteiger partial charge >= 0.3 is 5.97 Å². The van der Waals surface area contributed by atoms with Crippen LogP contribution in [0.25, 0.3) is 0 Å². The Balaban J connectivity index is 2.05. The molecule has 1 amide bonds. The van der Waals surface area contributed by atoms with E-state index in [1.165, 1.54) is 11.0 Å². The minimum atomic E-state index is -1.08. The number of furan rings is 1. The smallest absolute Gasteiger partial charge is 0.339 e. The van der Waals surface area contributed by atoms with Crippen LogP contribution in [0.2, 0.25) is 0 Å². The molecule has 0 fully saturated rings. The molecule has 0 bridgehead atoms. The topological polar surface area (TPSA) is 104 Å². The lowest BCUT2D eigenvalue weighted by Crippen LogP contribution is -2.37. The number of para-hydroxylation sites is 1. The highest BCUT2D eigenvalue weighted by Crippen LogP contribution is 2.20. The van der Waals surface area contributed by atoms with Crippen molar-refractivity contribution in [1.82, 2.24) is 4.90 Å². The Morgan fingerprint density at radius 3 is 2.68 bits per heavy atom. The van der Waals surface area contributed by atoms with Gasteiger partial charge in [-0.25, -0.2) is 4.79 Å². The number of ether oxygens (including phenoxy) is 1. The van der Waals surface area contributed by atoms with E-state index in [1.807, 2.05) is 6.07 Å². The van der Waals surface area contributed by atoms with E-state index in [4.69, 9.17) is 19.5 Å². The molecule has 2 aromatic rings. The molecule has 0 radical (unpaired) electrons. The number of nitrogens with zero attached hydrogens (tertiary/aromatic N) is 2. The van der Waals surface area contributed by atoms with E-state index in [1.54, 1.807) is 45.2 Å². The van der Waals surface area contributed by atoms with Gasteiger partial charge in [-0.3, -0.25) is 4.79 Å². The SMILES string of the molecule is Cc1oc(CN(C)C(=O)C(C)Oc2ccccc2C#N)cc1C(=O)O. The van der Waals surface area contributed by atoms with Crippen molar-refractivity contribution in [1.29, 1.82) is 5.26 Å². The van der Waals surface area contributed by atoms with Crippen LogP contribution in [0.1, 0.15) is 34.4 Å². The van der Waals surface area contributed by atoms with Gasteiger partial charge in [0.05, 0.1) is 12.1 Å². The second kappa shape index (κ2) is 7.53. The lowest BCUT2D eigenvalue weighted by Gasteiger charge is -2.21. The molecule has 1 atom stereocenters. The number of aryl methyl sites for hydroxylation is 1. The summed E-state index contributed by atoms with van der Waals surface area (Å²) in [5, 5.41) is 18.1. The van der Waals surface area contributed by atoms with Crippen LogP contribution < -0.4 is 4.74 Å². The number of benzene rings is 1. The summed E-state index contributed by atoms with van der Waals surface area (Å²) in [6.45, 7) is 3.25. The Labute approximate surface area is 145 Å². The molecular formula is C18H18N2O5. The Morgan fingerprint density at radius 2 is 2.08 bits per heavy atom. The molecule has 1 unspecified atom stereocenters. The highest BCUT2D eigenvalue weighted by Gasteiger charge is 2.22. The minimum Gasteiger partial charge on any atom is -0.480 e. The first kappa shape index (κ1) is 18.1. The second-order valence-corrected chi connectivity index (χ2v) is 5.55. The highest BCUT2D eigenvalue weighted by atomic mass is 16.5. The van der Waals surface area contributed by atoms with E-state index in [-0.39, 0.29) is 23.8 Å². The molecule has 1 heterocycles. The molecule has 0 spiro atoms. The number of nitriles is 1. The molecular weight excluding hydrogens is 324 g/mol. The predicted molar refractivity (Wildman–Crippen MR) is 88.1 cm³/mol. The van der Waals surface area contributed by atoms with Gasteiger partial charge in [0.15, 0.2) is 6.10 Å². The molecule has 130 valence electrons. The van der Waals surface area contributed by atoms with Crippen molar-refractivity contribution in [2.45, 2.75) is 26.5 Å². The number of carboxylic acids is 1. The lowest BCUT2D eigenvalue weighted by molar-refractivity contribution is -0.137. The van der Waals surface area contributed by atoms with Crippen molar-refractivity contribution in [3.05, 3.63) is 53.0 Å². The predicted octanol–water partition coefficient (Wildman–Crippen LogP) is 2.58. The maximum Gasteiger partial charge on any atom is 0.339 e. The Kier molecular flexibility index (Phi) is 5.45. The van der Waals surface area contributed by atoms with E-state index in [0.29, 0.717) is 17.1 Å².